The van der Waals surface area contributed by atoms with Gasteiger partial charge in [0.1, 0.15) is 11.2 Å². The van der Waals surface area contributed by atoms with Crippen LogP contribution in [0.2, 0.25) is 0 Å². The second-order valence-electron chi connectivity index (χ2n) is 14.0. The fraction of sp³-hybridized carbons (Fsp3) is 0. The third kappa shape index (κ3) is 5.16. The Hall–Kier alpha value is -6.94. The topological polar surface area (TPSA) is 16.4 Å². The number of nitrogens with zero attached hydrogens (tertiary/aromatic N) is 1. The van der Waals surface area contributed by atoms with Gasteiger partial charge in [0, 0.05) is 47.9 Å². The molecule has 0 aliphatic heterocycles. The molecule has 0 unspecified atom stereocenters. The first-order valence-corrected chi connectivity index (χ1v) is 19.5. The molecule has 258 valence electrons. The van der Waals surface area contributed by atoms with Crippen molar-refractivity contribution in [1.29, 1.82) is 0 Å². The maximum atomic E-state index is 6.81. The Balaban J connectivity index is 1.20. The van der Waals surface area contributed by atoms with Gasteiger partial charge in [-0.25, -0.2) is 0 Å². The molecule has 0 radical (unpaired) electrons. The largest absolute Gasteiger partial charge is 0.455 e. The first-order valence-electron chi connectivity index (χ1n) is 18.7. The van der Waals surface area contributed by atoms with Crippen LogP contribution in [0.1, 0.15) is 0 Å². The average molecular weight is 720 g/mol. The van der Waals surface area contributed by atoms with E-state index >= 15 is 0 Å². The number of furan rings is 1. The molecule has 2 heterocycles. The number of fused-ring (bicyclic) bond motifs is 8. The Kier molecular flexibility index (Phi) is 7.39. The van der Waals surface area contributed by atoms with E-state index in [-0.39, 0.29) is 0 Å². The van der Waals surface area contributed by atoms with Crippen molar-refractivity contribution < 1.29 is 4.42 Å². The summed E-state index contributed by atoms with van der Waals surface area (Å²) in [4.78, 5) is 2.44. The molecule has 0 fully saturated rings. The van der Waals surface area contributed by atoms with Crippen molar-refractivity contribution in [2.45, 2.75) is 0 Å². The average Bonchev–Trinajstić information content (AvgIpc) is 3.84. The van der Waals surface area contributed by atoms with E-state index < -0.39 is 0 Å². The molecule has 0 spiro atoms. The highest BCUT2D eigenvalue weighted by Crippen LogP contribution is 2.52. The highest BCUT2D eigenvalue weighted by atomic mass is 32.1. The zero-order valence-corrected chi connectivity index (χ0v) is 30.6. The van der Waals surface area contributed by atoms with Crippen LogP contribution in [0.25, 0.3) is 86.3 Å². The van der Waals surface area contributed by atoms with Gasteiger partial charge >= 0.3 is 0 Å². The SMILES string of the molecule is c1ccc(-c2ccc(N(c3ccc(-c4cccc5c4sc4ccccc45)cc3)c3c(-c4ccccc4)c4ccccc4c4oc5ccccc5c34)cc2)cc1. The van der Waals surface area contributed by atoms with Crippen molar-refractivity contribution in [2.24, 2.45) is 0 Å². The van der Waals surface area contributed by atoms with Crippen LogP contribution < -0.4 is 4.90 Å². The number of thiophene rings is 1. The molecular weight excluding hydrogens is 687 g/mol. The summed E-state index contributed by atoms with van der Waals surface area (Å²) >= 11 is 1.87. The van der Waals surface area contributed by atoms with E-state index in [1.54, 1.807) is 0 Å². The van der Waals surface area contributed by atoms with E-state index in [4.69, 9.17) is 4.42 Å². The van der Waals surface area contributed by atoms with E-state index in [9.17, 15) is 0 Å². The third-order valence-corrected chi connectivity index (χ3v) is 12.1. The van der Waals surface area contributed by atoms with Crippen LogP contribution in [0, 0.1) is 0 Å². The van der Waals surface area contributed by atoms with Gasteiger partial charge in [0.15, 0.2) is 0 Å². The van der Waals surface area contributed by atoms with Crippen molar-refractivity contribution in [1.82, 2.24) is 0 Å². The summed E-state index contributed by atoms with van der Waals surface area (Å²) in [5, 5.41) is 7.05. The zero-order valence-electron chi connectivity index (χ0n) is 29.8. The predicted molar refractivity (Wildman–Crippen MR) is 235 cm³/mol. The molecule has 11 aromatic rings. The Morgan fingerprint density at radius 2 is 0.927 bits per heavy atom. The number of benzene rings is 9. The number of hydrogen-bond donors (Lipinski definition) is 0. The summed E-state index contributed by atoms with van der Waals surface area (Å²) in [6.45, 7) is 0. The summed E-state index contributed by atoms with van der Waals surface area (Å²) in [7, 11) is 0. The molecule has 0 N–H and O–H groups in total. The van der Waals surface area contributed by atoms with Crippen LogP contribution in [0.4, 0.5) is 17.1 Å². The molecule has 0 bridgehead atoms. The Morgan fingerprint density at radius 3 is 1.65 bits per heavy atom. The third-order valence-electron chi connectivity index (χ3n) is 10.9. The molecular formula is C52H33NOS. The quantitative estimate of drug-likeness (QED) is 0.170. The molecule has 2 aromatic heterocycles. The van der Waals surface area contributed by atoms with Gasteiger partial charge in [0.05, 0.1) is 11.1 Å². The summed E-state index contributed by atoms with van der Waals surface area (Å²) < 4.78 is 9.44. The molecule has 0 aliphatic rings. The minimum atomic E-state index is 0.875. The Morgan fingerprint density at radius 1 is 0.382 bits per heavy atom. The molecule has 0 amide bonds. The highest BCUT2D eigenvalue weighted by molar-refractivity contribution is 7.26. The number of anilines is 3. The number of hydrogen-bond acceptors (Lipinski definition) is 3. The fourth-order valence-corrected chi connectivity index (χ4v) is 9.59. The molecule has 0 saturated heterocycles. The van der Waals surface area contributed by atoms with Gasteiger partial charge in [0.25, 0.3) is 0 Å². The van der Waals surface area contributed by atoms with Crippen molar-refractivity contribution in [3.8, 4) is 33.4 Å². The smallest absolute Gasteiger partial charge is 0.145 e. The maximum Gasteiger partial charge on any atom is 0.145 e. The van der Waals surface area contributed by atoms with Gasteiger partial charge < -0.3 is 9.32 Å². The van der Waals surface area contributed by atoms with Crippen molar-refractivity contribution in [3.05, 3.63) is 200 Å². The van der Waals surface area contributed by atoms with Crippen molar-refractivity contribution in [3.63, 3.8) is 0 Å². The minimum Gasteiger partial charge on any atom is -0.455 e. The van der Waals surface area contributed by atoms with Crippen molar-refractivity contribution >= 4 is 81.3 Å². The zero-order chi connectivity index (χ0) is 36.3. The van der Waals surface area contributed by atoms with Gasteiger partial charge in [-0.3, -0.25) is 0 Å². The molecule has 9 aromatic carbocycles. The van der Waals surface area contributed by atoms with Gasteiger partial charge in [0.2, 0.25) is 0 Å². The van der Waals surface area contributed by atoms with Crippen LogP contribution in [-0.2, 0) is 0 Å². The minimum absolute atomic E-state index is 0.875. The Labute approximate surface area is 322 Å². The van der Waals surface area contributed by atoms with E-state index in [0.717, 1.165) is 55.3 Å². The second kappa shape index (κ2) is 12.9. The van der Waals surface area contributed by atoms with Crippen LogP contribution in [0.3, 0.4) is 0 Å². The number of rotatable bonds is 6. The highest BCUT2D eigenvalue weighted by Gasteiger charge is 2.27. The monoisotopic (exact) mass is 719 g/mol. The second-order valence-corrected chi connectivity index (χ2v) is 15.1. The lowest BCUT2D eigenvalue weighted by Crippen LogP contribution is -2.12. The molecule has 2 nitrogen and oxygen atoms in total. The molecule has 0 atom stereocenters. The van der Waals surface area contributed by atoms with Crippen LogP contribution in [0.15, 0.2) is 205 Å². The summed E-state index contributed by atoms with van der Waals surface area (Å²) in [5.41, 5.74) is 12.1. The standard InChI is InChI=1S/C52H33NOS/c1-3-14-34(15-4-1)35-26-30-38(31-27-35)53(39-32-28-36(29-33-39)40-22-13-23-44-41-18-10-12-25-47(41)55-52(40)44)50-48(37-16-5-2-6-17-37)42-19-7-8-20-43(42)51-49(50)45-21-9-11-24-46(45)54-51/h1-33H. The van der Waals surface area contributed by atoms with E-state index in [1.165, 1.54) is 48.0 Å². The summed E-state index contributed by atoms with van der Waals surface area (Å²) in [5.74, 6) is 0. The van der Waals surface area contributed by atoms with Crippen LogP contribution in [-0.4, -0.2) is 0 Å². The Bertz CT molecular complexity index is 3180. The fourth-order valence-electron chi connectivity index (χ4n) is 8.35. The first-order chi connectivity index (χ1) is 27.3. The van der Waals surface area contributed by atoms with Gasteiger partial charge in [-0.15, -0.1) is 11.3 Å². The lowest BCUT2D eigenvalue weighted by Gasteiger charge is -2.30. The summed E-state index contributed by atoms with van der Waals surface area (Å²) in [6, 6.07) is 72.1. The predicted octanol–water partition coefficient (Wildman–Crippen LogP) is 15.6. The normalized spacial score (nSPS) is 11.6. The van der Waals surface area contributed by atoms with Crippen LogP contribution >= 0.6 is 11.3 Å². The van der Waals surface area contributed by atoms with Crippen LogP contribution in [0.5, 0.6) is 0 Å². The van der Waals surface area contributed by atoms with E-state index in [2.05, 4.69) is 205 Å². The first kappa shape index (κ1) is 31.6. The van der Waals surface area contributed by atoms with Gasteiger partial charge in [-0.2, -0.15) is 0 Å². The van der Waals surface area contributed by atoms with E-state index in [1.807, 2.05) is 11.3 Å². The molecule has 55 heavy (non-hydrogen) atoms. The van der Waals surface area contributed by atoms with E-state index in [0.29, 0.717) is 0 Å². The summed E-state index contributed by atoms with van der Waals surface area (Å²) in [6.07, 6.45) is 0. The molecule has 3 heteroatoms. The van der Waals surface area contributed by atoms with Gasteiger partial charge in [-0.05, 0) is 69.6 Å². The lowest BCUT2D eigenvalue weighted by atomic mass is 9.91. The molecule has 0 aliphatic carbocycles. The van der Waals surface area contributed by atoms with Gasteiger partial charge in [-0.1, -0.05) is 164 Å². The molecule has 0 saturated carbocycles. The lowest BCUT2D eigenvalue weighted by molar-refractivity contribution is 0.672. The number of para-hydroxylation sites is 1. The molecule has 11 rings (SSSR count). The van der Waals surface area contributed by atoms with Crippen molar-refractivity contribution in [2.75, 3.05) is 4.90 Å². The maximum absolute atomic E-state index is 6.81.